The summed E-state index contributed by atoms with van der Waals surface area (Å²) in [6, 6.07) is 4.43. The number of pyridine rings is 1. The van der Waals surface area contributed by atoms with Crippen molar-refractivity contribution in [3.05, 3.63) is 29.6 Å². The highest BCUT2D eigenvalue weighted by atomic mass is 16.5. The Bertz CT molecular complexity index is 823. The van der Waals surface area contributed by atoms with Gasteiger partial charge in [-0.05, 0) is 32.4 Å². The van der Waals surface area contributed by atoms with Gasteiger partial charge in [-0.1, -0.05) is 7.43 Å². The molecule has 8 nitrogen and oxygen atoms in total. The number of nitriles is 1. The van der Waals surface area contributed by atoms with Crippen molar-refractivity contribution in [3.8, 4) is 6.07 Å². The number of anilines is 3. The van der Waals surface area contributed by atoms with E-state index in [2.05, 4.69) is 33.2 Å². The average molecular weight is 369 g/mol. The number of hydrogen-bond acceptors (Lipinski definition) is 7. The second-order valence-electron chi connectivity index (χ2n) is 6.85. The van der Waals surface area contributed by atoms with Crippen molar-refractivity contribution in [1.82, 2.24) is 15.0 Å². The van der Waals surface area contributed by atoms with Crippen molar-refractivity contribution in [2.24, 2.45) is 0 Å². The molecule has 0 aliphatic carbocycles. The fourth-order valence-electron chi connectivity index (χ4n) is 3.02. The molecule has 1 atom stereocenters. The Kier molecular flexibility index (Phi) is 6.18. The molecule has 1 aliphatic rings. The summed E-state index contributed by atoms with van der Waals surface area (Å²) in [7, 11) is 0. The fraction of sp³-hybridized carbons (Fsp3) is 0.474. The van der Waals surface area contributed by atoms with E-state index in [-0.39, 0.29) is 13.5 Å². The summed E-state index contributed by atoms with van der Waals surface area (Å²) >= 11 is 0. The summed E-state index contributed by atoms with van der Waals surface area (Å²) in [4.78, 5) is 14.1. The molecule has 1 saturated heterocycles. The van der Waals surface area contributed by atoms with Crippen LogP contribution in [-0.2, 0) is 10.2 Å². The van der Waals surface area contributed by atoms with E-state index in [4.69, 9.17) is 15.1 Å². The highest BCUT2D eigenvalue weighted by molar-refractivity contribution is 5.89. The SMILES string of the molecule is C.CC1COCCN1c1cc(C(C)(C)C#N)c(C=N)c(Nc2ncc[nH]2)n1. The van der Waals surface area contributed by atoms with E-state index in [1.807, 2.05) is 19.9 Å². The topological polar surface area (TPSA) is 114 Å². The molecule has 1 unspecified atom stereocenters. The van der Waals surface area contributed by atoms with Crippen LogP contribution in [0.3, 0.4) is 0 Å². The van der Waals surface area contributed by atoms with Crippen LogP contribution in [0.2, 0.25) is 0 Å². The monoisotopic (exact) mass is 369 g/mol. The van der Waals surface area contributed by atoms with Gasteiger partial charge in [0, 0.05) is 30.7 Å². The number of aromatic amines is 1. The molecule has 0 bridgehead atoms. The number of morpholine rings is 1. The van der Waals surface area contributed by atoms with Gasteiger partial charge < -0.3 is 25.3 Å². The Balaban J connectivity index is 0.00000261. The number of imidazole rings is 1. The summed E-state index contributed by atoms with van der Waals surface area (Å²) in [6.07, 6.45) is 4.58. The lowest BCUT2D eigenvalue weighted by molar-refractivity contribution is 0.0985. The number of ether oxygens (including phenoxy) is 1. The first-order chi connectivity index (χ1) is 12.5. The van der Waals surface area contributed by atoms with E-state index in [1.165, 1.54) is 6.21 Å². The average Bonchev–Trinajstić information content (AvgIpc) is 3.14. The van der Waals surface area contributed by atoms with E-state index in [0.717, 1.165) is 17.9 Å². The van der Waals surface area contributed by atoms with Gasteiger partial charge >= 0.3 is 0 Å². The van der Waals surface area contributed by atoms with Crippen LogP contribution in [0.4, 0.5) is 17.6 Å². The molecule has 3 N–H and O–H groups in total. The third kappa shape index (κ3) is 4.09. The van der Waals surface area contributed by atoms with Gasteiger partial charge in [0.05, 0.1) is 30.7 Å². The van der Waals surface area contributed by atoms with Crippen LogP contribution in [0, 0.1) is 16.7 Å². The Labute approximate surface area is 160 Å². The minimum Gasteiger partial charge on any atom is -0.377 e. The van der Waals surface area contributed by atoms with Gasteiger partial charge in [-0.3, -0.25) is 0 Å². The van der Waals surface area contributed by atoms with Gasteiger partial charge in [0.15, 0.2) is 0 Å². The van der Waals surface area contributed by atoms with E-state index in [9.17, 15) is 5.26 Å². The smallest absolute Gasteiger partial charge is 0.205 e. The quantitative estimate of drug-likeness (QED) is 0.697. The van der Waals surface area contributed by atoms with Crippen molar-refractivity contribution in [1.29, 1.82) is 10.7 Å². The van der Waals surface area contributed by atoms with Gasteiger partial charge in [-0.25, -0.2) is 9.97 Å². The van der Waals surface area contributed by atoms with E-state index in [1.54, 1.807) is 12.4 Å². The molecule has 3 heterocycles. The zero-order valence-corrected chi connectivity index (χ0v) is 15.2. The lowest BCUT2D eigenvalue weighted by Crippen LogP contribution is -2.44. The Morgan fingerprint density at radius 1 is 1.52 bits per heavy atom. The summed E-state index contributed by atoms with van der Waals surface area (Å²) < 4.78 is 5.52. The van der Waals surface area contributed by atoms with Crippen LogP contribution in [0.25, 0.3) is 0 Å². The van der Waals surface area contributed by atoms with Crippen LogP contribution in [0.15, 0.2) is 18.5 Å². The van der Waals surface area contributed by atoms with Crippen LogP contribution in [0.1, 0.15) is 39.3 Å². The third-order valence-electron chi connectivity index (χ3n) is 4.54. The highest BCUT2D eigenvalue weighted by Crippen LogP contribution is 2.33. The van der Waals surface area contributed by atoms with Gasteiger partial charge in [0.2, 0.25) is 5.95 Å². The minimum absolute atomic E-state index is 0. The molecule has 27 heavy (non-hydrogen) atoms. The molecule has 0 radical (unpaired) electrons. The first kappa shape index (κ1) is 20.4. The molecular weight excluding hydrogens is 342 g/mol. The molecule has 0 saturated carbocycles. The van der Waals surface area contributed by atoms with Gasteiger partial charge in [-0.2, -0.15) is 5.26 Å². The maximum Gasteiger partial charge on any atom is 0.205 e. The molecule has 0 aromatic carbocycles. The van der Waals surface area contributed by atoms with Gasteiger partial charge in [-0.15, -0.1) is 0 Å². The van der Waals surface area contributed by atoms with Crippen LogP contribution in [0.5, 0.6) is 0 Å². The van der Waals surface area contributed by atoms with E-state index in [0.29, 0.717) is 30.5 Å². The minimum atomic E-state index is -0.764. The maximum atomic E-state index is 9.65. The largest absolute Gasteiger partial charge is 0.377 e. The van der Waals surface area contributed by atoms with Crippen LogP contribution < -0.4 is 10.2 Å². The van der Waals surface area contributed by atoms with Crippen molar-refractivity contribution in [2.75, 3.05) is 30.0 Å². The molecule has 2 aromatic heterocycles. The molecule has 2 aromatic rings. The van der Waals surface area contributed by atoms with Crippen LogP contribution in [-0.4, -0.2) is 47.0 Å². The number of aromatic nitrogens is 3. The van der Waals surface area contributed by atoms with Gasteiger partial charge in [0.25, 0.3) is 0 Å². The predicted molar refractivity (Wildman–Crippen MR) is 107 cm³/mol. The standard InChI is InChI=1S/C18H23N7O.CH4/c1-12-10-26-7-6-25(12)15-8-14(18(2,3)11-20)13(9-19)16(23-15)24-17-21-4-5-22-17;/h4-5,8-9,12,19H,6-7,10H2,1-3H3,(H2,21,22,23,24);1H4. The fourth-order valence-corrected chi connectivity index (χ4v) is 3.02. The molecule has 0 spiro atoms. The molecule has 3 rings (SSSR count). The number of nitrogens with one attached hydrogen (secondary N) is 3. The second-order valence-corrected chi connectivity index (χ2v) is 6.85. The third-order valence-corrected chi connectivity index (χ3v) is 4.54. The van der Waals surface area contributed by atoms with E-state index >= 15 is 0 Å². The first-order valence-electron chi connectivity index (χ1n) is 8.54. The number of nitrogens with zero attached hydrogens (tertiary/aromatic N) is 4. The lowest BCUT2D eigenvalue weighted by Gasteiger charge is -2.35. The van der Waals surface area contributed by atoms with Crippen molar-refractivity contribution >= 4 is 23.8 Å². The van der Waals surface area contributed by atoms with Gasteiger partial charge in [0.1, 0.15) is 11.6 Å². The normalized spacial score (nSPS) is 17.0. The summed E-state index contributed by atoms with van der Waals surface area (Å²) in [5.41, 5.74) is 0.574. The summed E-state index contributed by atoms with van der Waals surface area (Å²) in [6.45, 7) is 7.77. The van der Waals surface area contributed by atoms with Crippen molar-refractivity contribution < 1.29 is 4.74 Å². The zero-order valence-electron chi connectivity index (χ0n) is 15.2. The molecular formula is C19H27N7O. The Morgan fingerprint density at radius 3 is 2.89 bits per heavy atom. The first-order valence-corrected chi connectivity index (χ1v) is 8.54. The number of hydrogen-bond donors (Lipinski definition) is 3. The van der Waals surface area contributed by atoms with Crippen LogP contribution >= 0.6 is 0 Å². The van der Waals surface area contributed by atoms with Crippen molar-refractivity contribution in [2.45, 2.75) is 39.7 Å². The van der Waals surface area contributed by atoms with E-state index < -0.39 is 5.41 Å². The second kappa shape index (κ2) is 8.18. The van der Waals surface area contributed by atoms with Crippen molar-refractivity contribution in [3.63, 3.8) is 0 Å². The summed E-state index contributed by atoms with van der Waals surface area (Å²) in [5, 5.41) is 20.7. The molecule has 144 valence electrons. The zero-order chi connectivity index (χ0) is 18.7. The molecule has 8 heteroatoms. The predicted octanol–water partition coefficient (Wildman–Crippen LogP) is 3.21. The highest BCUT2D eigenvalue weighted by Gasteiger charge is 2.29. The summed E-state index contributed by atoms with van der Waals surface area (Å²) in [5.74, 6) is 1.80. The molecule has 1 aliphatic heterocycles. The maximum absolute atomic E-state index is 9.65. The number of rotatable bonds is 5. The molecule has 1 fully saturated rings. The Morgan fingerprint density at radius 2 is 2.30 bits per heavy atom. The molecule has 0 amide bonds. The number of H-pyrrole nitrogens is 1. The Hall–Kier alpha value is -2.92. The lowest BCUT2D eigenvalue weighted by atomic mass is 9.83.